The van der Waals surface area contributed by atoms with Crippen LogP contribution in [0.15, 0.2) is 4.79 Å². The predicted molar refractivity (Wildman–Crippen MR) is 51.7 cm³/mol. The van der Waals surface area contributed by atoms with Crippen LogP contribution in [-0.4, -0.2) is 17.0 Å². The van der Waals surface area contributed by atoms with Crippen molar-refractivity contribution >= 4 is 0 Å². The normalized spacial score (nSPS) is 10.4. The minimum Gasteiger partial charge on any atom is -0.313 e. The van der Waals surface area contributed by atoms with Crippen molar-refractivity contribution in [1.82, 2.24) is 15.3 Å². The van der Waals surface area contributed by atoms with Crippen molar-refractivity contribution in [3.63, 3.8) is 0 Å². The van der Waals surface area contributed by atoms with Crippen LogP contribution in [0.5, 0.6) is 0 Å². The standard InChI is InChI=1S/C9H15N3O/c1-4-7-6(2)11-8(5-10-3)12-9(7)13/h10H,4-5H2,1-3H3,(H,11,12,13). The van der Waals surface area contributed by atoms with E-state index in [4.69, 9.17) is 0 Å². The summed E-state index contributed by atoms with van der Waals surface area (Å²) in [7, 11) is 1.82. The Hall–Kier alpha value is -1.16. The quantitative estimate of drug-likeness (QED) is 0.708. The smallest absolute Gasteiger partial charge is 0.254 e. The molecular weight excluding hydrogens is 166 g/mol. The minimum atomic E-state index is -0.0137. The fourth-order valence-corrected chi connectivity index (χ4v) is 1.34. The molecular formula is C9H15N3O. The minimum absolute atomic E-state index is 0.0137. The van der Waals surface area contributed by atoms with Gasteiger partial charge in [0.05, 0.1) is 6.54 Å². The van der Waals surface area contributed by atoms with Crippen LogP contribution >= 0.6 is 0 Å². The molecule has 0 saturated carbocycles. The lowest BCUT2D eigenvalue weighted by molar-refractivity contribution is 0.739. The third-order valence-corrected chi connectivity index (χ3v) is 1.97. The number of aromatic amines is 1. The van der Waals surface area contributed by atoms with E-state index in [0.717, 1.165) is 17.7 Å². The number of aryl methyl sites for hydroxylation is 1. The van der Waals surface area contributed by atoms with Crippen molar-refractivity contribution < 1.29 is 0 Å². The molecule has 0 aliphatic rings. The van der Waals surface area contributed by atoms with Crippen LogP contribution in [0.1, 0.15) is 24.0 Å². The van der Waals surface area contributed by atoms with Gasteiger partial charge in [0.2, 0.25) is 0 Å². The molecule has 0 unspecified atom stereocenters. The van der Waals surface area contributed by atoms with Gasteiger partial charge in [-0.05, 0) is 20.4 Å². The summed E-state index contributed by atoms with van der Waals surface area (Å²) in [6.45, 7) is 4.42. The van der Waals surface area contributed by atoms with Gasteiger partial charge in [-0.1, -0.05) is 6.92 Å². The number of nitrogens with one attached hydrogen (secondary N) is 2. The Morgan fingerprint density at radius 2 is 2.23 bits per heavy atom. The molecule has 0 aliphatic carbocycles. The van der Waals surface area contributed by atoms with E-state index in [1.54, 1.807) is 0 Å². The molecule has 0 aliphatic heterocycles. The molecule has 1 rings (SSSR count). The Labute approximate surface area is 77.4 Å². The summed E-state index contributed by atoms with van der Waals surface area (Å²) in [5.74, 6) is 0.696. The van der Waals surface area contributed by atoms with Crippen molar-refractivity contribution in [2.75, 3.05) is 7.05 Å². The van der Waals surface area contributed by atoms with Crippen LogP contribution in [0.4, 0.5) is 0 Å². The van der Waals surface area contributed by atoms with E-state index in [9.17, 15) is 4.79 Å². The van der Waals surface area contributed by atoms with E-state index >= 15 is 0 Å². The molecule has 72 valence electrons. The average Bonchev–Trinajstić information content (AvgIpc) is 2.04. The van der Waals surface area contributed by atoms with Crippen molar-refractivity contribution in [3.8, 4) is 0 Å². The molecule has 4 nitrogen and oxygen atoms in total. The van der Waals surface area contributed by atoms with Gasteiger partial charge in [0.25, 0.3) is 5.56 Å². The second kappa shape index (κ2) is 4.18. The molecule has 1 heterocycles. The van der Waals surface area contributed by atoms with Crippen LogP contribution in [-0.2, 0) is 13.0 Å². The van der Waals surface area contributed by atoms with Crippen LogP contribution in [0.3, 0.4) is 0 Å². The first-order chi connectivity index (χ1) is 6.19. The Balaban J connectivity index is 3.13. The average molecular weight is 181 g/mol. The molecule has 1 aromatic rings. The summed E-state index contributed by atoms with van der Waals surface area (Å²) in [6, 6.07) is 0. The summed E-state index contributed by atoms with van der Waals surface area (Å²) < 4.78 is 0. The number of nitrogens with zero attached hydrogens (tertiary/aromatic N) is 1. The van der Waals surface area contributed by atoms with Gasteiger partial charge < -0.3 is 10.3 Å². The van der Waals surface area contributed by atoms with E-state index in [1.807, 2.05) is 20.9 Å². The molecule has 2 N–H and O–H groups in total. The number of aromatic nitrogens is 2. The monoisotopic (exact) mass is 181 g/mol. The van der Waals surface area contributed by atoms with Gasteiger partial charge in [-0.15, -0.1) is 0 Å². The van der Waals surface area contributed by atoms with Crippen LogP contribution in [0.25, 0.3) is 0 Å². The van der Waals surface area contributed by atoms with Gasteiger partial charge in [0, 0.05) is 11.3 Å². The number of rotatable bonds is 3. The van der Waals surface area contributed by atoms with E-state index < -0.39 is 0 Å². The molecule has 0 bridgehead atoms. The summed E-state index contributed by atoms with van der Waals surface area (Å²) >= 11 is 0. The highest BCUT2D eigenvalue weighted by Gasteiger charge is 2.04. The van der Waals surface area contributed by atoms with Crippen molar-refractivity contribution in [1.29, 1.82) is 0 Å². The SMILES string of the molecule is CCc1c(C)nc(CNC)[nH]c1=O. The van der Waals surface area contributed by atoms with Gasteiger partial charge in [-0.3, -0.25) is 4.79 Å². The molecule has 1 aromatic heterocycles. The summed E-state index contributed by atoms with van der Waals surface area (Å²) in [5, 5.41) is 2.94. The second-order valence-corrected chi connectivity index (χ2v) is 2.96. The topological polar surface area (TPSA) is 57.8 Å². The zero-order chi connectivity index (χ0) is 9.84. The van der Waals surface area contributed by atoms with Crippen LogP contribution in [0.2, 0.25) is 0 Å². The van der Waals surface area contributed by atoms with E-state index in [2.05, 4.69) is 15.3 Å². The van der Waals surface area contributed by atoms with Gasteiger partial charge in [0.1, 0.15) is 5.82 Å². The lowest BCUT2D eigenvalue weighted by Gasteiger charge is -2.04. The Bertz CT molecular complexity index is 343. The summed E-state index contributed by atoms with van der Waals surface area (Å²) in [5.41, 5.74) is 1.59. The predicted octanol–water partition coefficient (Wildman–Crippen LogP) is 0.360. The van der Waals surface area contributed by atoms with E-state index in [1.165, 1.54) is 0 Å². The molecule has 0 saturated heterocycles. The van der Waals surface area contributed by atoms with Gasteiger partial charge >= 0.3 is 0 Å². The largest absolute Gasteiger partial charge is 0.313 e. The van der Waals surface area contributed by atoms with Gasteiger partial charge in [-0.2, -0.15) is 0 Å². The Kier molecular flexibility index (Phi) is 3.19. The Morgan fingerprint density at radius 3 is 2.69 bits per heavy atom. The molecule has 0 aromatic carbocycles. The van der Waals surface area contributed by atoms with Crippen molar-refractivity contribution in [2.45, 2.75) is 26.8 Å². The van der Waals surface area contributed by atoms with Crippen molar-refractivity contribution in [2.24, 2.45) is 0 Å². The second-order valence-electron chi connectivity index (χ2n) is 2.96. The van der Waals surface area contributed by atoms with Crippen molar-refractivity contribution in [3.05, 3.63) is 27.4 Å². The van der Waals surface area contributed by atoms with Gasteiger partial charge in [0.15, 0.2) is 0 Å². The highest BCUT2D eigenvalue weighted by molar-refractivity contribution is 5.16. The highest BCUT2D eigenvalue weighted by Crippen LogP contribution is 1.99. The van der Waals surface area contributed by atoms with E-state index in [-0.39, 0.29) is 5.56 Å². The zero-order valence-electron chi connectivity index (χ0n) is 8.27. The van der Waals surface area contributed by atoms with Gasteiger partial charge in [-0.25, -0.2) is 4.98 Å². The molecule has 0 radical (unpaired) electrons. The van der Waals surface area contributed by atoms with Crippen LogP contribution < -0.4 is 10.9 Å². The fraction of sp³-hybridized carbons (Fsp3) is 0.556. The number of H-pyrrole nitrogens is 1. The molecule has 0 fully saturated rings. The molecule has 0 amide bonds. The molecule has 13 heavy (non-hydrogen) atoms. The first-order valence-electron chi connectivity index (χ1n) is 4.42. The Morgan fingerprint density at radius 1 is 1.54 bits per heavy atom. The lowest BCUT2D eigenvalue weighted by Crippen LogP contribution is -2.21. The summed E-state index contributed by atoms with van der Waals surface area (Å²) in [6.07, 6.45) is 0.730. The van der Waals surface area contributed by atoms with E-state index in [0.29, 0.717) is 12.4 Å². The third kappa shape index (κ3) is 2.15. The maximum Gasteiger partial charge on any atom is 0.254 e. The lowest BCUT2D eigenvalue weighted by atomic mass is 10.2. The molecule has 0 spiro atoms. The molecule has 4 heteroatoms. The number of hydrogen-bond acceptors (Lipinski definition) is 3. The number of hydrogen-bond donors (Lipinski definition) is 2. The first-order valence-corrected chi connectivity index (χ1v) is 4.42. The fourth-order valence-electron chi connectivity index (χ4n) is 1.34. The van der Waals surface area contributed by atoms with Crippen LogP contribution in [0, 0.1) is 6.92 Å². The third-order valence-electron chi connectivity index (χ3n) is 1.97. The first kappa shape index (κ1) is 9.92. The maximum atomic E-state index is 11.4. The summed E-state index contributed by atoms with van der Waals surface area (Å²) in [4.78, 5) is 18.5. The maximum absolute atomic E-state index is 11.4. The highest BCUT2D eigenvalue weighted by atomic mass is 16.1. The molecule has 0 atom stereocenters. The zero-order valence-corrected chi connectivity index (χ0v) is 8.27.